The molecule has 0 fully saturated rings. The molecule has 0 unspecified atom stereocenters. The van der Waals surface area contributed by atoms with Crippen LogP contribution in [0.2, 0.25) is 15.2 Å². The van der Waals surface area contributed by atoms with Gasteiger partial charge in [-0.05, 0) is 13.8 Å². The van der Waals surface area contributed by atoms with E-state index in [-0.39, 0.29) is 34.0 Å². The van der Waals surface area contributed by atoms with Crippen molar-refractivity contribution in [3.05, 3.63) is 27.0 Å². The van der Waals surface area contributed by atoms with Crippen molar-refractivity contribution >= 4 is 42.4 Å². The van der Waals surface area contributed by atoms with Crippen LogP contribution in [0.15, 0.2) is 6.20 Å². The number of pyridine rings is 1. The summed E-state index contributed by atoms with van der Waals surface area (Å²) in [7, 11) is -3.58. The van der Waals surface area contributed by atoms with E-state index in [1.54, 1.807) is 13.8 Å². The standard InChI is InChI=1S/C10H14Cl3N2O3P/c1-3-17-19(16,18-4-2)10(14)7-6(11)5-15-9(13)8(7)12/h5,10H,3-4,14H2,1-2H3/t10-/m1/s1. The first kappa shape index (κ1) is 17.2. The molecular weight excluding hydrogens is 333 g/mol. The molecule has 9 heteroatoms. The molecule has 0 aliphatic heterocycles. The first-order valence-electron chi connectivity index (χ1n) is 5.51. The van der Waals surface area contributed by atoms with Gasteiger partial charge < -0.3 is 14.8 Å². The van der Waals surface area contributed by atoms with Gasteiger partial charge in [-0.1, -0.05) is 34.8 Å². The van der Waals surface area contributed by atoms with Gasteiger partial charge in [0.15, 0.2) is 0 Å². The first-order valence-corrected chi connectivity index (χ1v) is 8.25. The van der Waals surface area contributed by atoms with Crippen LogP contribution >= 0.6 is 42.4 Å². The number of nitrogens with zero attached hydrogens (tertiary/aromatic N) is 1. The van der Waals surface area contributed by atoms with Gasteiger partial charge in [-0.2, -0.15) is 0 Å². The molecule has 0 radical (unpaired) electrons. The highest BCUT2D eigenvalue weighted by Gasteiger charge is 2.37. The molecule has 5 nitrogen and oxygen atoms in total. The van der Waals surface area contributed by atoms with E-state index < -0.39 is 13.4 Å². The van der Waals surface area contributed by atoms with Crippen molar-refractivity contribution in [2.45, 2.75) is 19.6 Å². The van der Waals surface area contributed by atoms with Crippen LogP contribution in [-0.4, -0.2) is 18.2 Å². The van der Waals surface area contributed by atoms with Gasteiger partial charge in [-0.25, -0.2) is 4.98 Å². The summed E-state index contributed by atoms with van der Waals surface area (Å²) in [5, 5.41) is 0.221. The maximum Gasteiger partial charge on any atom is 0.351 e. The van der Waals surface area contributed by atoms with Crippen LogP contribution in [0, 0.1) is 0 Å². The Morgan fingerprint density at radius 1 is 1.32 bits per heavy atom. The second kappa shape index (κ2) is 7.23. The average Bonchev–Trinajstić information content (AvgIpc) is 2.35. The number of nitrogens with two attached hydrogens (primary N) is 1. The number of hydrogen-bond acceptors (Lipinski definition) is 5. The van der Waals surface area contributed by atoms with E-state index in [4.69, 9.17) is 49.6 Å². The highest BCUT2D eigenvalue weighted by molar-refractivity contribution is 7.54. The van der Waals surface area contributed by atoms with Crippen LogP contribution in [0.3, 0.4) is 0 Å². The molecular formula is C10H14Cl3N2O3P. The van der Waals surface area contributed by atoms with E-state index >= 15 is 0 Å². The van der Waals surface area contributed by atoms with Crippen LogP contribution in [0.1, 0.15) is 25.2 Å². The average molecular weight is 348 g/mol. The molecule has 1 rings (SSSR count). The number of halogens is 3. The smallest absolute Gasteiger partial charge is 0.314 e. The van der Waals surface area contributed by atoms with E-state index in [1.807, 2.05) is 0 Å². The highest BCUT2D eigenvalue weighted by atomic mass is 35.5. The third-order valence-corrected chi connectivity index (χ3v) is 5.46. The van der Waals surface area contributed by atoms with E-state index in [9.17, 15) is 4.57 Å². The van der Waals surface area contributed by atoms with Crippen LogP contribution < -0.4 is 5.73 Å². The Morgan fingerprint density at radius 2 is 1.84 bits per heavy atom. The van der Waals surface area contributed by atoms with Gasteiger partial charge in [0.05, 0.1) is 23.3 Å². The zero-order chi connectivity index (χ0) is 14.6. The number of rotatable bonds is 6. The maximum absolute atomic E-state index is 12.6. The Bertz CT molecular complexity index is 491. The van der Waals surface area contributed by atoms with Crippen molar-refractivity contribution in [2.75, 3.05) is 13.2 Å². The van der Waals surface area contributed by atoms with Gasteiger partial charge in [0, 0.05) is 11.8 Å². The molecule has 0 aromatic carbocycles. The molecule has 0 saturated heterocycles. The van der Waals surface area contributed by atoms with E-state index in [1.165, 1.54) is 6.20 Å². The fraction of sp³-hybridized carbons (Fsp3) is 0.500. The molecule has 19 heavy (non-hydrogen) atoms. The summed E-state index contributed by atoms with van der Waals surface area (Å²) in [6, 6.07) is 0. The van der Waals surface area contributed by atoms with Crippen molar-refractivity contribution < 1.29 is 13.6 Å². The molecule has 0 saturated carbocycles. The lowest BCUT2D eigenvalue weighted by atomic mass is 10.2. The maximum atomic E-state index is 12.6. The normalized spacial score (nSPS) is 13.6. The Labute approximate surface area is 126 Å². The van der Waals surface area contributed by atoms with Crippen molar-refractivity contribution in [3.63, 3.8) is 0 Å². The van der Waals surface area contributed by atoms with Gasteiger partial charge in [0.1, 0.15) is 10.9 Å². The monoisotopic (exact) mass is 346 g/mol. The van der Waals surface area contributed by atoms with Crippen LogP contribution in [0.5, 0.6) is 0 Å². The molecule has 0 aliphatic carbocycles. The summed E-state index contributed by atoms with van der Waals surface area (Å²) in [5.41, 5.74) is 6.15. The second-order valence-corrected chi connectivity index (χ2v) is 6.74. The number of aromatic nitrogens is 1. The van der Waals surface area contributed by atoms with Gasteiger partial charge in [0.2, 0.25) is 0 Å². The fourth-order valence-electron chi connectivity index (χ4n) is 1.44. The lowest BCUT2D eigenvalue weighted by Gasteiger charge is -2.24. The fourth-order valence-corrected chi connectivity index (χ4v) is 4.02. The molecule has 1 atom stereocenters. The molecule has 1 aromatic heterocycles. The summed E-state index contributed by atoms with van der Waals surface area (Å²) in [4.78, 5) is 3.77. The quantitative estimate of drug-likeness (QED) is 0.614. The SMILES string of the molecule is CCOP(=O)(OCC)[C@@H](N)c1c(Cl)cnc(Cl)c1Cl. The minimum Gasteiger partial charge on any atom is -0.314 e. The molecule has 0 bridgehead atoms. The summed E-state index contributed by atoms with van der Waals surface area (Å²) < 4.78 is 22.9. The van der Waals surface area contributed by atoms with Gasteiger partial charge in [-0.3, -0.25) is 4.57 Å². The molecule has 0 aliphatic rings. The molecule has 1 aromatic rings. The second-order valence-electron chi connectivity index (χ2n) is 3.44. The lowest BCUT2D eigenvalue weighted by Crippen LogP contribution is -2.16. The third kappa shape index (κ3) is 3.82. The summed E-state index contributed by atoms with van der Waals surface area (Å²) >= 11 is 17.8. The Balaban J connectivity index is 3.28. The van der Waals surface area contributed by atoms with E-state index in [0.717, 1.165) is 0 Å². The third-order valence-electron chi connectivity index (χ3n) is 2.22. The molecule has 108 valence electrons. The molecule has 0 spiro atoms. The van der Waals surface area contributed by atoms with Crippen LogP contribution in [-0.2, 0) is 13.6 Å². The molecule has 0 amide bonds. The lowest BCUT2D eigenvalue weighted by molar-refractivity contribution is 0.212. The Hall–Kier alpha value is 0.130. The summed E-state index contributed by atoms with van der Waals surface area (Å²) in [6.07, 6.45) is 1.28. The van der Waals surface area contributed by atoms with Crippen molar-refractivity contribution in [2.24, 2.45) is 5.73 Å². The molecule has 1 heterocycles. The van der Waals surface area contributed by atoms with Crippen molar-refractivity contribution in [3.8, 4) is 0 Å². The van der Waals surface area contributed by atoms with Gasteiger partial charge in [-0.15, -0.1) is 0 Å². The summed E-state index contributed by atoms with van der Waals surface area (Å²) in [6.45, 7) is 3.72. The largest absolute Gasteiger partial charge is 0.351 e. The zero-order valence-corrected chi connectivity index (χ0v) is 13.6. The number of hydrogen-bond donors (Lipinski definition) is 1. The van der Waals surface area contributed by atoms with E-state index in [0.29, 0.717) is 0 Å². The highest BCUT2D eigenvalue weighted by Crippen LogP contribution is 2.60. The van der Waals surface area contributed by atoms with E-state index in [2.05, 4.69) is 4.98 Å². The Morgan fingerprint density at radius 3 is 2.32 bits per heavy atom. The van der Waals surface area contributed by atoms with Crippen molar-refractivity contribution in [1.82, 2.24) is 4.98 Å². The van der Waals surface area contributed by atoms with Crippen LogP contribution in [0.25, 0.3) is 0 Å². The molecule has 2 N–H and O–H groups in total. The topological polar surface area (TPSA) is 74.4 Å². The van der Waals surface area contributed by atoms with Crippen molar-refractivity contribution in [1.29, 1.82) is 0 Å². The predicted molar refractivity (Wildman–Crippen MR) is 77.1 cm³/mol. The zero-order valence-electron chi connectivity index (χ0n) is 10.4. The minimum absolute atomic E-state index is 0.0241. The summed E-state index contributed by atoms with van der Waals surface area (Å²) in [5.74, 6) is -1.13. The minimum atomic E-state index is -3.58. The Kier molecular flexibility index (Phi) is 6.54. The van der Waals surface area contributed by atoms with Gasteiger partial charge >= 0.3 is 7.60 Å². The predicted octanol–water partition coefficient (Wildman–Crippen LogP) is 4.27. The first-order chi connectivity index (χ1) is 8.87. The van der Waals surface area contributed by atoms with Gasteiger partial charge in [0.25, 0.3) is 0 Å². The van der Waals surface area contributed by atoms with Crippen LogP contribution in [0.4, 0.5) is 0 Å².